The Bertz CT molecular complexity index is 902. The first-order valence-electron chi connectivity index (χ1n) is 11.8. The monoisotopic (exact) mass is 512 g/mol. The molecule has 0 aliphatic rings. The first-order chi connectivity index (χ1) is 16.6. The Labute approximate surface area is 210 Å². The van der Waals surface area contributed by atoms with Crippen molar-refractivity contribution in [2.75, 3.05) is 19.0 Å². The van der Waals surface area contributed by atoms with Gasteiger partial charge in [-0.25, -0.2) is 0 Å². The quantitative estimate of drug-likeness (QED) is 0.255. The molecular formula is C27H35F3O4S. The minimum atomic E-state index is -4.33. The van der Waals surface area contributed by atoms with Crippen LogP contribution in [0.3, 0.4) is 0 Å². The van der Waals surface area contributed by atoms with E-state index in [2.05, 4.69) is 39.8 Å². The summed E-state index contributed by atoms with van der Waals surface area (Å²) in [5.41, 5.74) is 0.430. The van der Waals surface area contributed by atoms with Crippen LogP contribution in [0.25, 0.3) is 0 Å². The summed E-state index contributed by atoms with van der Waals surface area (Å²) in [6, 6.07) is 11.3. The van der Waals surface area contributed by atoms with Crippen molar-refractivity contribution in [3.8, 4) is 11.5 Å². The molecule has 0 atom stereocenters. The first kappa shape index (κ1) is 30.6. The molecular weight excluding hydrogens is 477 g/mol. The van der Waals surface area contributed by atoms with E-state index in [-0.39, 0.29) is 11.6 Å². The van der Waals surface area contributed by atoms with Crippen molar-refractivity contribution in [2.45, 2.75) is 70.9 Å². The van der Waals surface area contributed by atoms with Crippen LogP contribution >= 0.6 is 11.8 Å². The van der Waals surface area contributed by atoms with Gasteiger partial charge in [0.05, 0.1) is 18.8 Å². The summed E-state index contributed by atoms with van der Waals surface area (Å²) in [5.74, 6) is 2.30. The third-order valence-corrected chi connectivity index (χ3v) is 6.78. The van der Waals surface area contributed by atoms with Gasteiger partial charge in [-0.05, 0) is 74.2 Å². The summed E-state index contributed by atoms with van der Waals surface area (Å²) in [7, 11) is 0. The molecule has 0 aromatic heterocycles. The largest absolute Gasteiger partial charge is 0.493 e. The molecule has 0 amide bonds. The van der Waals surface area contributed by atoms with Gasteiger partial charge in [0.15, 0.2) is 0 Å². The van der Waals surface area contributed by atoms with E-state index in [1.165, 1.54) is 17.0 Å². The van der Waals surface area contributed by atoms with Crippen LogP contribution in [0, 0.1) is 12.3 Å². The molecule has 2 rings (SSSR count). The number of halogens is 3. The van der Waals surface area contributed by atoms with E-state index in [1.807, 2.05) is 17.8 Å². The molecule has 2 aromatic rings. The third kappa shape index (κ3) is 10.8. The highest BCUT2D eigenvalue weighted by atomic mass is 32.2. The number of aryl methyl sites for hydroxylation is 1. The highest BCUT2D eigenvalue weighted by Gasteiger charge is 2.31. The fourth-order valence-corrected chi connectivity index (χ4v) is 5.08. The van der Waals surface area contributed by atoms with Gasteiger partial charge in [-0.15, -0.1) is 11.8 Å². The number of thioether (sulfide) groups is 1. The maximum absolute atomic E-state index is 12.8. The molecule has 35 heavy (non-hydrogen) atoms. The van der Waals surface area contributed by atoms with Crippen molar-refractivity contribution in [3.05, 3.63) is 53.6 Å². The van der Waals surface area contributed by atoms with Crippen LogP contribution in [-0.2, 0) is 15.8 Å². The van der Waals surface area contributed by atoms with Gasteiger partial charge in [0.1, 0.15) is 11.5 Å². The zero-order valence-corrected chi connectivity index (χ0v) is 21.7. The molecule has 0 heterocycles. The molecule has 0 aliphatic carbocycles. The molecule has 0 N–H and O–H groups in total. The number of benzene rings is 2. The predicted octanol–water partition coefficient (Wildman–Crippen LogP) is 7.98. The fraction of sp³-hybridized carbons (Fsp3) is 0.519. The lowest BCUT2D eigenvalue weighted by Crippen LogP contribution is -2.31. The Morgan fingerprint density at radius 3 is 1.97 bits per heavy atom. The second-order valence-electron chi connectivity index (χ2n) is 8.46. The summed E-state index contributed by atoms with van der Waals surface area (Å²) in [6.07, 6.45) is 0.958. The fourth-order valence-electron chi connectivity index (χ4n) is 3.81. The van der Waals surface area contributed by atoms with Gasteiger partial charge in [0, 0.05) is 16.1 Å². The molecule has 0 radical (unpaired) electrons. The lowest BCUT2D eigenvalue weighted by molar-refractivity contribution is -0.191. The Morgan fingerprint density at radius 1 is 0.886 bits per heavy atom. The summed E-state index contributed by atoms with van der Waals surface area (Å²) in [6.45, 7) is 9.68. The second kappa shape index (κ2) is 15.5. The Kier molecular flexibility index (Phi) is 13.6. The SMILES string of the molecule is CCCOc1ccc(SCC(CCC)(CCC)COc2ccc(C(F)(F)F)cc2)cc1C.O=C=O. The molecule has 0 aliphatic heterocycles. The Balaban J connectivity index is 0.00000194. The van der Waals surface area contributed by atoms with E-state index in [0.717, 1.165) is 61.3 Å². The van der Waals surface area contributed by atoms with Crippen molar-refractivity contribution in [3.63, 3.8) is 0 Å². The number of alkyl halides is 3. The smallest absolute Gasteiger partial charge is 0.416 e. The zero-order chi connectivity index (χ0) is 26.3. The molecule has 194 valence electrons. The number of ether oxygens (including phenoxy) is 2. The number of rotatable bonds is 13. The van der Waals surface area contributed by atoms with Gasteiger partial charge in [0.25, 0.3) is 0 Å². The summed E-state index contributed by atoms with van der Waals surface area (Å²) >= 11 is 1.81. The Morgan fingerprint density at radius 2 is 1.49 bits per heavy atom. The highest BCUT2D eigenvalue weighted by Crippen LogP contribution is 2.38. The van der Waals surface area contributed by atoms with Crippen molar-refractivity contribution in [2.24, 2.45) is 5.41 Å². The molecule has 0 fully saturated rings. The second-order valence-corrected chi connectivity index (χ2v) is 9.51. The van der Waals surface area contributed by atoms with Crippen LogP contribution in [-0.4, -0.2) is 25.1 Å². The van der Waals surface area contributed by atoms with E-state index < -0.39 is 11.7 Å². The average molecular weight is 513 g/mol. The molecule has 0 unspecified atom stereocenters. The number of hydrogen-bond donors (Lipinski definition) is 0. The maximum atomic E-state index is 12.8. The van der Waals surface area contributed by atoms with E-state index >= 15 is 0 Å². The van der Waals surface area contributed by atoms with Gasteiger partial charge in [-0.3, -0.25) is 0 Å². The van der Waals surface area contributed by atoms with Crippen LogP contribution in [0.15, 0.2) is 47.4 Å². The number of carbonyl (C=O) groups excluding carboxylic acids is 2. The predicted molar refractivity (Wildman–Crippen MR) is 132 cm³/mol. The van der Waals surface area contributed by atoms with Crippen molar-refractivity contribution < 1.29 is 32.2 Å². The van der Waals surface area contributed by atoms with Crippen molar-refractivity contribution >= 4 is 17.9 Å². The van der Waals surface area contributed by atoms with Gasteiger partial charge < -0.3 is 9.47 Å². The lowest BCUT2D eigenvalue weighted by Gasteiger charge is -2.33. The maximum Gasteiger partial charge on any atom is 0.416 e. The normalized spacial score (nSPS) is 11.3. The zero-order valence-electron chi connectivity index (χ0n) is 20.9. The summed E-state index contributed by atoms with van der Waals surface area (Å²) in [5, 5.41) is 0. The minimum Gasteiger partial charge on any atom is -0.493 e. The van der Waals surface area contributed by atoms with Crippen LogP contribution in [0.2, 0.25) is 0 Å². The highest BCUT2D eigenvalue weighted by molar-refractivity contribution is 7.99. The van der Waals surface area contributed by atoms with E-state index in [9.17, 15) is 13.2 Å². The van der Waals surface area contributed by atoms with Crippen LogP contribution in [0.1, 0.15) is 64.0 Å². The molecule has 0 spiro atoms. The molecule has 2 aromatic carbocycles. The van der Waals surface area contributed by atoms with E-state index in [4.69, 9.17) is 19.1 Å². The average Bonchev–Trinajstić information content (AvgIpc) is 2.81. The van der Waals surface area contributed by atoms with Gasteiger partial charge in [-0.1, -0.05) is 33.6 Å². The van der Waals surface area contributed by atoms with Crippen LogP contribution in [0.4, 0.5) is 13.2 Å². The molecule has 0 saturated heterocycles. The van der Waals surface area contributed by atoms with Crippen molar-refractivity contribution in [1.82, 2.24) is 0 Å². The van der Waals surface area contributed by atoms with Crippen molar-refractivity contribution in [1.29, 1.82) is 0 Å². The standard InChI is InChI=1S/C26H35F3O2S.CO2/c1-5-14-25(15-6-2,18-31-22-10-8-21(9-11-22)26(27,28)29)19-32-23-12-13-24(20(4)17-23)30-16-7-3;2-1-3/h8-13,17H,5-7,14-16,18-19H2,1-4H3;. The minimum absolute atomic E-state index is 0.0395. The van der Waals surface area contributed by atoms with E-state index in [0.29, 0.717) is 19.0 Å². The summed E-state index contributed by atoms with van der Waals surface area (Å²) < 4.78 is 50.3. The topological polar surface area (TPSA) is 52.6 Å². The summed E-state index contributed by atoms with van der Waals surface area (Å²) in [4.78, 5) is 17.4. The van der Waals surface area contributed by atoms with Crippen LogP contribution < -0.4 is 9.47 Å². The lowest BCUT2D eigenvalue weighted by atomic mass is 9.82. The number of hydrogen-bond acceptors (Lipinski definition) is 5. The van der Waals surface area contributed by atoms with Gasteiger partial charge in [-0.2, -0.15) is 22.8 Å². The molecule has 8 heteroatoms. The molecule has 4 nitrogen and oxygen atoms in total. The Hall–Kier alpha value is -2.44. The van der Waals surface area contributed by atoms with E-state index in [1.54, 1.807) is 0 Å². The van der Waals surface area contributed by atoms with Crippen LogP contribution in [0.5, 0.6) is 11.5 Å². The van der Waals surface area contributed by atoms with Gasteiger partial charge in [0.2, 0.25) is 0 Å². The van der Waals surface area contributed by atoms with Gasteiger partial charge >= 0.3 is 12.3 Å². The third-order valence-electron chi connectivity index (χ3n) is 5.44. The molecule has 0 bridgehead atoms. The first-order valence-corrected chi connectivity index (χ1v) is 12.8. The molecule has 0 saturated carbocycles.